The van der Waals surface area contributed by atoms with Crippen LogP contribution in [0, 0.1) is 5.92 Å². The van der Waals surface area contributed by atoms with Crippen LogP contribution in [-0.2, 0) is 4.79 Å². The number of amides is 1. The summed E-state index contributed by atoms with van der Waals surface area (Å²) in [5.41, 5.74) is 6.07. The van der Waals surface area contributed by atoms with Gasteiger partial charge in [-0.05, 0) is 43.0 Å². The predicted molar refractivity (Wildman–Crippen MR) is 73.3 cm³/mol. The molecular weight excluding hydrogens is 244 g/mol. The summed E-state index contributed by atoms with van der Waals surface area (Å²) in [6.45, 7) is 0.902. The summed E-state index contributed by atoms with van der Waals surface area (Å²) >= 11 is 1.75. The lowest BCUT2D eigenvalue weighted by molar-refractivity contribution is -0.132. The number of rotatable bonds is 4. The monoisotopic (exact) mass is 264 g/mol. The number of hydrogen-bond donors (Lipinski definition) is 1. The van der Waals surface area contributed by atoms with Crippen LogP contribution >= 0.6 is 11.3 Å². The molecule has 0 radical (unpaired) electrons. The van der Waals surface area contributed by atoms with Crippen LogP contribution in [0.3, 0.4) is 0 Å². The first-order valence-corrected chi connectivity index (χ1v) is 7.72. The van der Waals surface area contributed by atoms with E-state index in [0.29, 0.717) is 18.4 Å². The molecule has 2 heterocycles. The van der Waals surface area contributed by atoms with E-state index < -0.39 is 0 Å². The van der Waals surface area contributed by atoms with Gasteiger partial charge in [-0.3, -0.25) is 4.79 Å². The molecule has 1 aromatic rings. The molecule has 0 aromatic carbocycles. The van der Waals surface area contributed by atoms with Crippen molar-refractivity contribution in [3.8, 4) is 0 Å². The molecule has 0 bridgehead atoms. The van der Waals surface area contributed by atoms with Crippen molar-refractivity contribution in [1.82, 2.24) is 4.90 Å². The van der Waals surface area contributed by atoms with Gasteiger partial charge in [0.05, 0.1) is 6.04 Å². The quantitative estimate of drug-likeness (QED) is 0.908. The van der Waals surface area contributed by atoms with E-state index in [4.69, 9.17) is 5.73 Å². The highest BCUT2D eigenvalue weighted by atomic mass is 32.1. The van der Waals surface area contributed by atoms with Crippen LogP contribution in [-0.4, -0.2) is 23.4 Å². The van der Waals surface area contributed by atoms with Crippen molar-refractivity contribution in [2.75, 3.05) is 6.54 Å². The number of hydrogen-bond acceptors (Lipinski definition) is 3. The first-order valence-electron chi connectivity index (χ1n) is 6.84. The van der Waals surface area contributed by atoms with E-state index in [0.717, 1.165) is 19.4 Å². The first-order chi connectivity index (χ1) is 8.75. The molecule has 3 nitrogen and oxygen atoms in total. The van der Waals surface area contributed by atoms with Gasteiger partial charge in [-0.1, -0.05) is 6.07 Å². The minimum atomic E-state index is 0.0853. The molecule has 1 aliphatic carbocycles. The molecule has 2 unspecified atom stereocenters. The topological polar surface area (TPSA) is 46.3 Å². The van der Waals surface area contributed by atoms with Crippen LogP contribution in [0.15, 0.2) is 17.5 Å². The lowest BCUT2D eigenvalue weighted by atomic mass is 10.1. The molecular formula is C14H20N2OS. The van der Waals surface area contributed by atoms with Crippen LogP contribution in [0.1, 0.15) is 43.0 Å². The molecule has 1 amide bonds. The van der Waals surface area contributed by atoms with E-state index in [1.807, 2.05) is 4.90 Å². The number of nitrogens with zero attached hydrogens (tertiary/aromatic N) is 1. The van der Waals surface area contributed by atoms with E-state index in [9.17, 15) is 4.79 Å². The molecule has 98 valence electrons. The van der Waals surface area contributed by atoms with Gasteiger partial charge in [0.25, 0.3) is 0 Å². The minimum absolute atomic E-state index is 0.0853. The van der Waals surface area contributed by atoms with E-state index in [-0.39, 0.29) is 11.9 Å². The summed E-state index contributed by atoms with van der Waals surface area (Å²) in [6.07, 6.45) is 5.18. The fourth-order valence-electron chi connectivity index (χ4n) is 2.85. The second-order valence-electron chi connectivity index (χ2n) is 5.47. The SMILES string of the molecule is NC(CC(=O)N1CCCC1c1cccs1)C1CC1. The summed E-state index contributed by atoms with van der Waals surface area (Å²) in [4.78, 5) is 15.7. The number of thiophene rings is 1. The molecule has 2 fully saturated rings. The molecule has 1 aliphatic heterocycles. The van der Waals surface area contributed by atoms with E-state index in [2.05, 4.69) is 17.5 Å². The van der Waals surface area contributed by atoms with E-state index in [1.165, 1.54) is 17.7 Å². The maximum Gasteiger partial charge on any atom is 0.224 e. The Bertz CT molecular complexity index is 413. The zero-order valence-electron chi connectivity index (χ0n) is 10.5. The third-order valence-electron chi connectivity index (χ3n) is 4.08. The predicted octanol–water partition coefficient (Wildman–Crippen LogP) is 2.54. The Morgan fingerprint density at radius 3 is 3.00 bits per heavy atom. The van der Waals surface area contributed by atoms with Gasteiger partial charge in [0.2, 0.25) is 5.91 Å². The summed E-state index contributed by atoms with van der Waals surface area (Å²) in [7, 11) is 0. The van der Waals surface area contributed by atoms with Crippen LogP contribution in [0.2, 0.25) is 0 Å². The smallest absolute Gasteiger partial charge is 0.224 e. The minimum Gasteiger partial charge on any atom is -0.335 e. The van der Waals surface area contributed by atoms with Crippen molar-refractivity contribution in [3.63, 3.8) is 0 Å². The second-order valence-corrected chi connectivity index (χ2v) is 6.45. The van der Waals surface area contributed by atoms with Gasteiger partial charge in [0.15, 0.2) is 0 Å². The highest BCUT2D eigenvalue weighted by molar-refractivity contribution is 7.10. The van der Waals surface area contributed by atoms with Gasteiger partial charge in [0, 0.05) is 23.9 Å². The van der Waals surface area contributed by atoms with Crippen molar-refractivity contribution >= 4 is 17.2 Å². The standard InChI is InChI=1S/C14H20N2OS/c15-11(10-5-6-10)9-14(17)16-7-1-3-12(16)13-4-2-8-18-13/h2,4,8,10-12H,1,3,5-7,9,15H2. The fraction of sp³-hybridized carbons (Fsp3) is 0.643. The number of carbonyl (C=O) groups is 1. The molecule has 2 atom stereocenters. The van der Waals surface area contributed by atoms with Gasteiger partial charge in [-0.2, -0.15) is 0 Å². The molecule has 1 aromatic heterocycles. The van der Waals surface area contributed by atoms with Crippen molar-refractivity contribution in [3.05, 3.63) is 22.4 Å². The van der Waals surface area contributed by atoms with Crippen LogP contribution < -0.4 is 5.73 Å². The molecule has 18 heavy (non-hydrogen) atoms. The molecule has 4 heteroatoms. The first kappa shape index (κ1) is 12.2. The van der Waals surface area contributed by atoms with Crippen molar-refractivity contribution in [2.24, 2.45) is 11.7 Å². The summed E-state index contributed by atoms with van der Waals surface area (Å²) in [5.74, 6) is 0.863. The highest BCUT2D eigenvalue weighted by Crippen LogP contribution is 2.37. The Balaban J connectivity index is 1.64. The maximum atomic E-state index is 12.3. The van der Waals surface area contributed by atoms with Gasteiger partial charge in [0.1, 0.15) is 0 Å². The number of nitrogens with two attached hydrogens (primary N) is 1. The summed E-state index contributed by atoms with van der Waals surface area (Å²) in [6, 6.07) is 4.60. The normalized spacial score (nSPS) is 25.4. The van der Waals surface area contributed by atoms with Gasteiger partial charge >= 0.3 is 0 Å². The fourth-order valence-corrected chi connectivity index (χ4v) is 3.73. The van der Waals surface area contributed by atoms with Crippen molar-refractivity contribution < 1.29 is 4.79 Å². The van der Waals surface area contributed by atoms with Gasteiger partial charge in [-0.15, -0.1) is 11.3 Å². The average molecular weight is 264 g/mol. The van der Waals surface area contributed by atoms with Crippen LogP contribution in [0.25, 0.3) is 0 Å². The van der Waals surface area contributed by atoms with Crippen LogP contribution in [0.5, 0.6) is 0 Å². The summed E-state index contributed by atoms with van der Waals surface area (Å²) < 4.78 is 0. The number of likely N-dealkylation sites (tertiary alicyclic amines) is 1. The largest absolute Gasteiger partial charge is 0.335 e. The number of carbonyl (C=O) groups excluding carboxylic acids is 1. The highest BCUT2D eigenvalue weighted by Gasteiger charge is 2.34. The zero-order chi connectivity index (χ0) is 12.5. The molecule has 2 aliphatic rings. The third kappa shape index (κ3) is 2.45. The molecule has 1 saturated heterocycles. The van der Waals surface area contributed by atoms with Crippen molar-refractivity contribution in [1.29, 1.82) is 0 Å². The van der Waals surface area contributed by atoms with Crippen molar-refractivity contribution in [2.45, 2.75) is 44.2 Å². The van der Waals surface area contributed by atoms with Gasteiger partial charge < -0.3 is 10.6 Å². The summed E-state index contributed by atoms with van der Waals surface area (Å²) in [5, 5.41) is 2.09. The van der Waals surface area contributed by atoms with Crippen LogP contribution in [0.4, 0.5) is 0 Å². The third-order valence-corrected chi connectivity index (χ3v) is 5.06. The maximum absolute atomic E-state index is 12.3. The van der Waals surface area contributed by atoms with Gasteiger partial charge in [-0.25, -0.2) is 0 Å². The van der Waals surface area contributed by atoms with E-state index in [1.54, 1.807) is 11.3 Å². The zero-order valence-corrected chi connectivity index (χ0v) is 11.4. The molecule has 3 rings (SSSR count). The average Bonchev–Trinajstić information content (AvgIpc) is 2.90. The Morgan fingerprint density at radius 1 is 1.50 bits per heavy atom. The molecule has 0 spiro atoms. The Labute approximate surface area is 112 Å². The Kier molecular flexibility index (Phi) is 3.39. The Morgan fingerprint density at radius 2 is 2.33 bits per heavy atom. The lowest BCUT2D eigenvalue weighted by Gasteiger charge is -2.25. The molecule has 2 N–H and O–H groups in total. The Hall–Kier alpha value is -0.870. The lowest BCUT2D eigenvalue weighted by Crippen LogP contribution is -2.36. The van der Waals surface area contributed by atoms with E-state index >= 15 is 0 Å². The molecule has 1 saturated carbocycles. The second kappa shape index (κ2) is 5.02.